The predicted octanol–water partition coefficient (Wildman–Crippen LogP) is -0.895. The molecule has 0 saturated heterocycles. The lowest BCUT2D eigenvalue weighted by molar-refractivity contribution is 0.200. The van der Waals surface area contributed by atoms with Crippen LogP contribution in [-0.4, -0.2) is 33.3 Å². The van der Waals surface area contributed by atoms with Gasteiger partial charge in [-0.15, -0.1) is 0 Å². The van der Waals surface area contributed by atoms with Crippen LogP contribution in [0, 0.1) is 0 Å². The van der Waals surface area contributed by atoms with E-state index in [-0.39, 0.29) is 0 Å². The van der Waals surface area contributed by atoms with Crippen LogP contribution in [0.4, 0.5) is 4.39 Å². The summed E-state index contributed by atoms with van der Waals surface area (Å²) in [5.41, 5.74) is 0. The summed E-state index contributed by atoms with van der Waals surface area (Å²) >= 11 is 0. The summed E-state index contributed by atoms with van der Waals surface area (Å²) in [6.07, 6.45) is 0. The predicted molar refractivity (Wildman–Crippen MR) is 32.4 cm³/mol. The average Bonchev–Trinajstić information content (AvgIpc) is 1.55. The summed E-state index contributed by atoms with van der Waals surface area (Å²) in [4.78, 5) is 0. The lowest BCUT2D eigenvalue weighted by Gasteiger charge is -1.97. The number of rotatable bonds is 4. The zero-order chi connectivity index (χ0) is 9.12. The van der Waals surface area contributed by atoms with Crippen molar-refractivity contribution in [2.45, 2.75) is 0 Å². The fourth-order valence-electron chi connectivity index (χ4n) is 0.284. The first-order valence-electron chi connectivity index (χ1n) is 2.15. The van der Waals surface area contributed by atoms with Crippen LogP contribution >= 0.6 is 0 Å². The van der Waals surface area contributed by atoms with Crippen LogP contribution in [0.25, 0.3) is 0 Å². The van der Waals surface area contributed by atoms with Crippen molar-refractivity contribution in [3.63, 3.8) is 0 Å². The third-order valence-corrected chi connectivity index (χ3v) is 3.31. The van der Waals surface area contributed by atoms with Crippen molar-refractivity contribution in [1.82, 2.24) is 0 Å². The van der Waals surface area contributed by atoms with Crippen LogP contribution in [0.5, 0.6) is 0 Å². The van der Waals surface area contributed by atoms with Gasteiger partial charge in [-0.05, 0) is 0 Å². The Hall–Kier alpha value is -0.250. The Morgan fingerprint density at radius 3 is 2.00 bits per heavy atom. The molecule has 0 bridgehead atoms. The molecule has 0 aliphatic heterocycles. The van der Waals surface area contributed by atoms with Crippen molar-refractivity contribution in [3.05, 3.63) is 0 Å². The third-order valence-electron chi connectivity index (χ3n) is 0.517. The van der Waals surface area contributed by atoms with E-state index in [4.69, 9.17) is 4.55 Å². The Morgan fingerprint density at radius 1 is 1.27 bits per heavy atom. The van der Waals surface area contributed by atoms with Gasteiger partial charge >= 0.3 is 0 Å². The molecule has 0 aliphatic rings. The van der Waals surface area contributed by atoms with E-state index in [1.54, 1.807) is 0 Å². The first-order chi connectivity index (χ1) is 4.77. The number of hydrogen-bond donors (Lipinski definition) is 1. The molecule has 6 nitrogen and oxygen atoms in total. The topological polar surface area (TPSA) is 97.7 Å². The summed E-state index contributed by atoms with van der Waals surface area (Å²) < 4.78 is 62.8. The van der Waals surface area contributed by atoms with Crippen molar-refractivity contribution in [3.8, 4) is 0 Å². The normalized spacial score (nSPS) is 13.3. The maximum atomic E-state index is 11.2. The van der Waals surface area contributed by atoms with Gasteiger partial charge in [-0.3, -0.25) is 4.55 Å². The van der Waals surface area contributed by atoms with Crippen molar-refractivity contribution in [1.29, 1.82) is 0 Å². The van der Waals surface area contributed by atoms with Gasteiger partial charge in [0.15, 0.2) is 0 Å². The van der Waals surface area contributed by atoms with Gasteiger partial charge < -0.3 is 0 Å². The molecule has 0 aliphatic carbocycles. The Kier molecular flexibility index (Phi) is 3.35. The van der Waals surface area contributed by atoms with Crippen LogP contribution in [-0.2, 0) is 24.4 Å². The van der Waals surface area contributed by atoms with Gasteiger partial charge in [0.05, 0.1) is 0 Å². The molecule has 0 radical (unpaired) electrons. The minimum Gasteiger partial charge on any atom is -0.285 e. The average molecular weight is 208 g/mol. The standard InChI is InChI=1S/C2H5FO6S2/c3-1-9-11(7,8)2-10(4,5)6/h1-2H2,(H,4,5,6). The summed E-state index contributed by atoms with van der Waals surface area (Å²) in [6.45, 7) is -1.65. The molecule has 0 spiro atoms. The van der Waals surface area contributed by atoms with Gasteiger partial charge in [-0.25, -0.2) is 8.57 Å². The lowest BCUT2D eigenvalue weighted by atomic mass is 11.6. The first-order valence-corrected chi connectivity index (χ1v) is 5.34. The van der Waals surface area contributed by atoms with Crippen molar-refractivity contribution in [2.24, 2.45) is 0 Å². The molecule has 68 valence electrons. The number of alkyl halides is 1. The molecule has 0 aromatic heterocycles. The van der Waals surface area contributed by atoms with E-state index in [1.807, 2.05) is 0 Å². The minimum absolute atomic E-state index is 1.64. The molecule has 0 rings (SSSR count). The first kappa shape index (κ1) is 10.8. The molecule has 0 fully saturated rings. The molecule has 9 heteroatoms. The second-order valence-electron chi connectivity index (χ2n) is 1.48. The molecule has 0 aromatic carbocycles. The van der Waals surface area contributed by atoms with E-state index in [2.05, 4.69) is 4.18 Å². The van der Waals surface area contributed by atoms with Crippen molar-refractivity contribution < 1.29 is 30.0 Å². The van der Waals surface area contributed by atoms with Gasteiger partial charge in [-0.1, -0.05) is 0 Å². The molecular formula is C2H5FO6S2. The smallest absolute Gasteiger partial charge is 0.285 e. The lowest BCUT2D eigenvalue weighted by Crippen LogP contribution is -2.17. The highest BCUT2D eigenvalue weighted by Gasteiger charge is 2.20. The van der Waals surface area contributed by atoms with Crippen LogP contribution < -0.4 is 0 Å². The van der Waals surface area contributed by atoms with Gasteiger partial charge in [0.25, 0.3) is 20.2 Å². The summed E-state index contributed by atoms with van der Waals surface area (Å²) in [5.74, 6) is 0. The highest BCUT2D eigenvalue weighted by Crippen LogP contribution is 1.97. The Labute approximate surface area is 62.8 Å². The van der Waals surface area contributed by atoms with Gasteiger partial charge in [0.1, 0.15) is 0 Å². The van der Waals surface area contributed by atoms with E-state index in [9.17, 15) is 21.2 Å². The maximum Gasteiger partial charge on any atom is 0.286 e. The van der Waals surface area contributed by atoms with E-state index in [0.717, 1.165) is 0 Å². The van der Waals surface area contributed by atoms with E-state index in [0.29, 0.717) is 0 Å². The van der Waals surface area contributed by atoms with Crippen LogP contribution in [0.15, 0.2) is 0 Å². The highest BCUT2D eigenvalue weighted by atomic mass is 32.3. The van der Waals surface area contributed by atoms with Gasteiger partial charge in [-0.2, -0.15) is 16.8 Å². The fourth-order valence-corrected chi connectivity index (χ4v) is 2.15. The molecule has 0 heterocycles. The molecule has 1 N–H and O–H groups in total. The number of hydrogen-bond acceptors (Lipinski definition) is 5. The van der Waals surface area contributed by atoms with Gasteiger partial charge in [0.2, 0.25) is 11.9 Å². The molecular weight excluding hydrogens is 203 g/mol. The second kappa shape index (κ2) is 3.43. The van der Waals surface area contributed by atoms with Crippen LogP contribution in [0.2, 0.25) is 0 Å². The van der Waals surface area contributed by atoms with Gasteiger partial charge in [0, 0.05) is 0 Å². The summed E-state index contributed by atoms with van der Waals surface area (Å²) in [5, 5.41) is -1.64. The quantitative estimate of drug-likeness (QED) is 0.475. The second-order valence-corrected chi connectivity index (χ2v) is 4.94. The molecule has 0 unspecified atom stereocenters. The fraction of sp³-hybridized carbons (Fsp3) is 1.00. The summed E-state index contributed by atoms with van der Waals surface area (Å²) in [6, 6.07) is 0. The molecule has 0 saturated carbocycles. The van der Waals surface area contributed by atoms with Crippen LogP contribution in [0.3, 0.4) is 0 Å². The highest BCUT2D eigenvalue weighted by molar-refractivity contribution is 8.03. The third kappa shape index (κ3) is 6.16. The van der Waals surface area contributed by atoms with Crippen molar-refractivity contribution in [2.75, 3.05) is 11.9 Å². The van der Waals surface area contributed by atoms with E-state index in [1.165, 1.54) is 0 Å². The number of halogens is 1. The molecule has 11 heavy (non-hydrogen) atoms. The zero-order valence-corrected chi connectivity index (χ0v) is 6.73. The Morgan fingerprint density at radius 2 is 1.73 bits per heavy atom. The molecule has 0 aromatic rings. The van der Waals surface area contributed by atoms with E-state index >= 15 is 0 Å². The van der Waals surface area contributed by atoms with Crippen LogP contribution in [0.1, 0.15) is 0 Å². The monoisotopic (exact) mass is 208 g/mol. The largest absolute Gasteiger partial charge is 0.286 e. The SMILES string of the molecule is O=S(=O)(O)CS(=O)(=O)OCF. The zero-order valence-electron chi connectivity index (χ0n) is 5.10. The maximum absolute atomic E-state index is 11.2. The Bertz CT molecular complexity index is 299. The minimum atomic E-state index is -4.68. The van der Waals surface area contributed by atoms with Crippen molar-refractivity contribution >= 4 is 20.2 Å². The summed E-state index contributed by atoms with van der Waals surface area (Å²) in [7, 11) is -9.19. The molecule has 0 amide bonds. The van der Waals surface area contributed by atoms with E-state index < -0.39 is 32.2 Å². The molecule has 0 atom stereocenters. The Balaban J connectivity index is 4.40.